The highest BCUT2D eigenvalue weighted by molar-refractivity contribution is 5.87. The number of nitro benzene ring substituents is 1. The molecular formula is C16H13NO4. The summed E-state index contributed by atoms with van der Waals surface area (Å²) in [6.45, 7) is 0. The number of hydrogen-bond donors (Lipinski definition) is 0. The maximum absolute atomic E-state index is 12.1. The molecule has 0 saturated heterocycles. The van der Waals surface area contributed by atoms with Crippen LogP contribution in [0.15, 0.2) is 48.5 Å². The summed E-state index contributed by atoms with van der Waals surface area (Å²) in [6.07, 6.45) is 0.763. The minimum Gasteiger partial charge on any atom is -0.299 e. The van der Waals surface area contributed by atoms with Crippen LogP contribution >= 0.6 is 0 Å². The molecule has 0 spiro atoms. The Balaban J connectivity index is 2.16. The Morgan fingerprint density at radius 2 is 1.57 bits per heavy atom. The van der Waals surface area contributed by atoms with E-state index >= 15 is 0 Å². The van der Waals surface area contributed by atoms with E-state index in [4.69, 9.17) is 0 Å². The van der Waals surface area contributed by atoms with E-state index in [2.05, 4.69) is 0 Å². The first-order valence-corrected chi connectivity index (χ1v) is 6.39. The van der Waals surface area contributed by atoms with E-state index in [1.54, 1.807) is 42.5 Å². The zero-order valence-electron chi connectivity index (χ0n) is 11.2. The number of nitrogens with zero attached hydrogens (tertiary/aromatic N) is 1. The van der Waals surface area contributed by atoms with Crippen molar-refractivity contribution >= 4 is 17.8 Å². The first-order valence-electron chi connectivity index (χ1n) is 6.39. The second kappa shape index (κ2) is 6.56. The summed E-state index contributed by atoms with van der Waals surface area (Å²) in [4.78, 5) is 33.4. The Morgan fingerprint density at radius 1 is 1.00 bits per heavy atom. The third-order valence-electron chi connectivity index (χ3n) is 3.15. The summed E-state index contributed by atoms with van der Waals surface area (Å²) in [5.41, 5.74) is 1.43. The summed E-state index contributed by atoms with van der Waals surface area (Å²) < 4.78 is 0. The van der Waals surface area contributed by atoms with Gasteiger partial charge in [0.15, 0.2) is 0 Å². The average Bonchev–Trinajstić information content (AvgIpc) is 2.48. The molecule has 0 N–H and O–H groups in total. The second-order valence-corrected chi connectivity index (χ2v) is 4.59. The first kappa shape index (κ1) is 14.6. The summed E-state index contributed by atoms with van der Waals surface area (Å²) in [6, 6.07) is 13.0. The van der Waals surface area contributed by atoms with Gasteiger partial charge in [-0.05, 0) is 5.56 Å². The van der Waals surface area contributed by atoms with Crippen LogP contribution in [0.4, 0.5) is 5.69 Å². The van der Waals surface area contributed by atoms with Crippen molar-refractivity contribution in [2.75, 3.05) is 0 Å². The molecule has 0 atom stereocenters. The molecule has 0 radical (unpaired) electrons. The van der Waals surface area contributed by atoms with E-state index in [0.29, 0.717) is 23.0 Å². The van der Waals surface area contributed by atoms with Crippen LogP contribution in [0.1, 0.15) is 21.5 Å². The largest absolute Gasteiger partial charge is 0.299 e. The van der Waals surface area contributed by atoms with Crippen molar-refractivity contribution in [3.8, 4) is 0 Å². The van der Waals surface area contributed by atoms with Gasteiger partial charge in [-0.3, -0.25) is 19.7 Å². The predicted molar refractivity (Wildman–Crippen MR) is 77.3 cm³/mol. The van der Waals surface area contributed by atoms with Gasteiger partial charge in [-0.25, -0.2) is 0 Å². The van der Waals surface area contributed by atoms with E-state index in [1.165, 1.54) is 6.07 Å². The molecule has 0 bridgehead atoms. The minimum absolute atomic E-state index is 0.0235. The maximum Gasteiger partial charge on any atom is 0.273 e. The molecule has 0 fully saturated rings. The van der Waals surface area contributed by atoms with Crippen molar-refractivity contribution in [3.63, 3.8) is 0 Å². The summed E-state index contributed by atoms with van der Waals surface area (Å²) in [7, 11) is 0. The smallest absolute Gasteiger partial charge is 0.273 e. The van der Waals surface area contributed by atoms with Crippen molar-refractivity contribution in [1.29, 1.82) is 0 Å². The molecule has 0 amide bonds. The predicted octanol–water partition coefficient (Wildman–Crippen LogP) is 2.76. The molecule has 0 saturated carbocycles. The van der Waals surface area contributed by atoms with E-state index in [9.17, 15) is 19.7 Å². The van der Waals surface area contributed by atoms with Crippen LogP contribution in [0, 0.1) is 10.1 Å². The highest BCUT2D eigenvalue weighted by atomic mass is 16.6. The van der Waals surface area contributed by atoms with Crippen molar-refractivity contribution in [2.45, 2.75) is 12.8 Å². The van der Waals surface area contributed by atoms with Gasteiger partial charge in [-0.2, -0.15) is 0 Å². The number of nitro groups is 1. The van der Waals surface area contributed by atoms with E-state index in [0.717, 1.165) is 0 Å². The zero-order valence-corrected chi connectivity index (χ0v) is 11.2. The third-order valence-corrected chi connectivity index (χ3v) is 3.15. The molecule has 5 nitrogen and oxygen atoms in total. The number of carbonyl (C=O) groups is 2. The summed E-state index contributed by atoms with van der Waals surface area (Å²) >= 11 is 0. The number of rotatable bonds is 6. The number of aldehydes is 1. The highest BCUT2D eigenvalue weighted by Gasteiger charge is 2.16. The number of hydrogen-bond acceptors (Lipinski definition) is 4. The van der Waals surface area contributed by atoms with Gasteiger partial charge < -0.3 is 0 Å². The molecule has 2 aromatic carbocycles. The molecule has 0 aliphatic rings. The molecule has 106 valence electrons. The molecule has 0 unspecified atom stereocenters. The van der Waals surface area contributed by atoms with Crippen LogP contribution < -0.4 is 0 Å². The van der Waals surface area contributed by atoms with Crippen LogP contribution in [0.2, 0.25) is 0 Å². The lowest BCUT2D eigenvalue weighted by atomic mass is 9.99. The Hall–Kier alpha value is -2.82. The van der Waals surface area contributed by atoms with E-state index < -0.39 is 4.92 Å². The van der Waals surface area contributed by atoms with Crippen molar-refractivity contribution in [1.82, 2.24) is 0 Å². The average molecular weight is 283 g/mol. The van der Waals surface area contributed by atoms with Crippen molar-refractivity contribution in [2.24, 2.45) is 0 Å². The van der Waals surface area contributed by atoms with Crippen LogP contribution in [-0.4, -0.2) is 17.0 Å². The lowest BCUT2D eigenvalue weighted by Gasteiger charge is -2.05. The number of para-hydroxylation sites is 1. The Morgan fingerprint density at radius 3 is 2.24 bits per heavy atom. The van der Waals surface area contributed by atoms with Gasteiger partial charge >= 0.3 is 0 Å². The second-order valence-electron chi connectivity index (χ2n) is 4.59. The number of ketones is 1. The van der Waals surface area contributed by atoms with Crippen LogP contribution in [-0.2, 0) is 17.6 Å². The van der Waals surface area contributed by atoms with E-state index in [1.807, 2.05) is 0 Å². The number of benzene rings is 2. The fourth-order valence-electron chi connectivity index (χ4n) is 2.14. The van der Waals surface area contributed by atoms with Gasteiger partial charge in [0.05, 0.1) is 4.92 Å². The molecule has 5 heteroatoms. The Kier molecular flexibility index (Phi) is 4.56. The Bertz CT molecular complexity index is 694. The summed E-state index contributed by atoms with van der Waals surface area (Å²) in [5, 5.41) is 10.9. The molecule has 21 heavy (non-hydrogen) atoms. The standard InChI is InChI=1S/C16H13NO4/c18-11-14-7-2-1-5-12(14)9-15(19)10-13-6-3-4-8-16(13)17(20)21/h1-8,11H,9-10H2. The van der Waals surface area contributed by atoms with Gasteiger partial charge in [-0.1, -0.05) is 42.5 Å². The molecule has 0 aliphatic heterocycles. The summed E-state index contributed by atoms with van der Waals surface area (Å²) in [5.74, 6) is -0.168. The van der Waals surface area contributed by atoms with Crippen molar-refractivity contribution < 1.29 is 14.5 Å². The fourth-order valence-corrected chi connectivity index (χ4v) is 2.14. The number of Topliss-reactive ketones (excluding diaryl/α,β-unsaturated/α-hetero) is 1. The van der Waals surface area contributed by atoms with Gasteiger partial charge in [0.1, 0.15) is 12.1 Å². The SMILES string of the molecule is O=Cc1ccccc1CC(=O)Cc1ccccc1[N+](=O)[O-]. The molecule has 0 heterocycles. The molecule has 0 aromatic heterocycles. The minimum atomic E-state index is -0.498. The lowest BCUT2D eigenvalue weighted by molar-refractivity contribution is -0.385. The number of carbonyl (C=O) groups excluding carboxylic acids is 2. The van der Waals surface area contributed by atoms with Crippen LogP contribution in [0.5, 0.6) is 0 Å². The first-order chi connectivity index (χ1) is 10.1. The van der Waals surface area contributed by atoms with Crippen LogP contribution in [0.25, 0.3) is 0 Å². The molecular weight excluding hydrogens is 270 g/mol. The van der Waals surface area contributed by atoms with Gasteiger partial charge in [-0.15, -0.1) is 0 Å². The zero-order chi connectivity index (χ0) is 15.2. The quantitative estimate of drug-likeness (QED) is 0.464. The Labute approximate surface area is 121 Å². The fraction of sp³-hybridized carbons (Fsp3) is 0.125. The molecule has 2 rings (SSSR count). The van der Waals surface area contributed by atoms with Gasteiger partial charge in [0.25, 0.3) is 5.69 Å². The lowest BCUT2D eigenvalue weighted by Crippen LogP contribution is -2.09. The molecule has 2 aromatic rings. The highest BCUT2D eigenvalue weighted by Crippen LogP contribution is 2.19. The van der Waals surface area contributed by atoms with Crippen molar-refractivity contribution in [3.05, 3.63) is 75.3 Å². The normalized spacial score (nSPS) is 10.1. The van der Waals surface area contributed by atoms with Crippen LogP contribution in [0.3, 0.4) is 0 Å². The topological polar surface area (TPSA) is 77.3 Å². The maximum atomic E-state index is 12.1. The third kappa shape index (κ3) is 3.60. The molecule has 0 aliphatic carbocycles. The van der Waals surface area contributed by atoms with Gasteiger partial charge in [0, 0.05) is 30.0 Å². The van der Waals surface area contributed by atoms with E-state index in [-0.39, 0.29) is 24.3 Å². The van der Waals surface area contributed by atoms with Gasteiger partial charge in [0.2, 0.25) is 0 Å². The monoisotopic (exact) mass is 283 g/mol.